The van der Waals surface area contributed by atoms with Gasteiger partial charge in [0.15, 0.2) is 0 Å². The molecule has 2 aromatic rings. The topological polar surface area (TPSA) is 59.3 Å². The minimum absolute atomic E-state index is 0.0586. The highest BCUT2D eigenvalue weighted by molar-refractivity contribution is 6.31. The van der Waals surface area contributed by atoms with Crippen LogP contribution in [-0.2, 0) is 13.1 Å². The summed E-state index contributed by atoms with van der Waals surface area (Å²) in [6, 6.07) is 10.3. The normalized spacial score (nSPS) is 10.8. The van der Waals surface area contributed by atoms with Gasteiger partial charge < -0.3 is 0 Å². The van der Waals surface area contributed by atoms with E-state index in [9.17, 15) is 10.1 Å². The Morgan fingerprint density at radius 1 is 1.29 bits per heavy atom. The predicted octanol–water partition coefficient (Wildman–Crippen LogP) is 3.67. The molecule has 0 spiro atoms. The van der Waals surface area contributed by atoms with Crippen LogP contribution in [0.1, 0.15) is 18.2 Å². The molecule has 2 rings (SSSR count). The van der Waals surface area contributed by atoms with E-state index in [2.05, 4.69) is 9.88 Å². The highest BCUT2D eigenvalue weighted by Crippen LogP contribution is 2.23. The average Bonchev–Trinajstić information content (AvgIpc) is 2.49. The molecule has 0 aliphatic heterocycles. The molecule has 1 aromatic heterocycles. The van der Waals surface area contributed by atoms with Crippen LogP contribution >= 0.6 is 11.6 Å². The number of nitrogens with zero attached hydrogens (tertiary/aromatic N) is 3. The second-order valence-electron chi connectivity index (χ2n) is 4.66. The Morgan fingerprint density at radius 3 is 2.71 bits per heavy atom. The number of aromatic nitrogens is 1. The Labute approximate surface area is 128 Å². The number of hydrogen-bond donors (Lipinski definition) is 0. The fourth-order valence-electron chi connectivity index (χ4n) is 2.04. The molecule has 1 heterocycles. The molecule has 1 aromatic carbocycles. The molecular formula is C15H16ClN3O2. The van der Waals surface area contributed by atoms with Crippen LogP contribution in [0.25, 0.3) is 0 Å². The van der Waals surface area contributed by atoms with Crippen LogP contribution in [0.5, 0.6) is 0 Å². The van der Waals surface area contributed by atoms with E-state index in [0.29, 0.717) is 18.1 Å². The van der Waals surface area contributed by atoms with E-state index in [4.69, 9.17) is 11.6 Å². The standard InChI is InChI=1S/C15H16ClN3O2/c1-2-18(11-13-5-3-4-8-17-13)10-12-9-14(19(20)21)6-7-15(12)16/h3-9H,2,10-11H2,1H3. The molecule has 5 nitrogen and oxygen atoms in total. The molecule has 6 heteroatoms. The smallest absolute Gasteiger partial charge is 0.269 e. The lowest BCUT2D eigenvalue weighted by Crippen LogP contribution is -2.23. The summed E-state index contributed by atoms with van der Waals surface area (Å²) in [5, 5.41) is 11.4. The third kappa shape index (κ3) is 4.24. The molecule has 0 unspecified atom stereocenters. The Hall–Kier alpha value is -1.98. The third-order valence-electron chi connectivity index (χ3n) is 3.19. The van der Waals surface area contributed by atoms with Crippen LogP contribution in [0.2, 0.25) is 5.02 Å². The van der Waals surface area contributed by atoms with E-state index in [0.717, 1.165) is 17.8 Å². The number of non-ortho nitro benzene ring substituents is 1. The van der Waals surface area contributed by atoms with Gasteiger partial charge >= 0.3 is 0 Å². The maximum absolute atomic E-state index is 10.8. The van der Waals surface area contributed by atoms with Crippen LogP contribution in [0.4, 0.5) is 5.69 Å². The van der Waals surface area contributed by atoms with Crippen molar-refractivity contribution < 1.29 is 4.92 Å². The zero-order chi connectivity index (χ0) is 15.2. The lowest BCUT2D eigenvalue weighted by Gasteiger charge is -2.20. The number of hydrogen-bond acceptors (Lipinski definition) is 4. The monoisotopic (exact) mass is 305 g/mol. The molecule has 0 saturated carbocycles. The summed E-state index contributed by atoms with van der Waals surface area (Å²) < 4.78 is 0. The first kappa shape index (κ1) is 15.4. The van der Waals surface area contributed by atoms with E-state index in [1.165, 1.54) is 12.1 Å². The molecule has 0 bridgehead atoms. The van der Waals surface area contributed by atoms with Crippen molar-refractivity contribution in [1.29, 1.82) is 0 Å². The number of pyridine rings is 1. The molecule has 0 atom stereocenters. The lowest BCUT2D eigenvalue weighted by molar-refractivity contribution is -0.384. The molecule has 21 heavy (non-hydrogen) atoms. The van der Waals surface area contributed by atoms with Crippen molar-refractivity contribution >= 4 is 17.3 Å². The van der Waals surface area contributed by atoms with Crippen molar-refractivity contribution in [2.24, 2.45) is 0 Å². The predicted molar refractivity (Wildman–Crippen MR) is 82.1 cm³/mol. The van der Waals surface area contributed by atoms with E-state index in [1.807, 2.05) is 25.1 Å². The zero-order valence-electron chi connectivity index (χ0n) is 11.7. The Kier molecular flexibility index (Phi) is 5.25. The van der Waals surface area contributed by atoms with Crippen LogP contribution in [0, 0.1) is 10.1 Å². The fourth-order valence-corrected chi connectivity index (χ4v) is 2.21. The molecule has 0 aliphatic carbocycles. The van der Waals surface area contributed by atoms with Gasteiger partial charge in [-0.3, -0.25) is 20.0 Å². The van der Waals surface area contributed by atoms with Gasteiger partial charge in [-0.25, -0.2) is 0 Å². The summed E-state index contributed by atoms with van der Waals surface area (Å²) >= 11 is 6.14. The molecule has 110 valence electrons. The largest absolute Gasteiger partial charge is 0.293 e. The second-order valence-corrected chi connectivity index (χ2v) is 5.06. The summed E-state index contributed by atoms with van der Waals surface area (Å²) in [6.07, 6.45) is 1.75. The summed E-state index contributed by atoms with van der Waals surface area (Å²) in [5.41, 5.74) is 1.77. The Bertz CT molecular complexity index is 620. The number of halogens is 1. The van der Waals surface area contributed by atoms with Gasteiger partial charge in [-0.15, -0.1) is 0 Å². The SMILES string of the molecule is CCN(Cc1ccccn1)Cc1cc([N+](=O)[O-])ccc1Cl. The molecule has 0 aliphatic rings. The van der Waals surface area contributed by atoms with E-state index in [1.54, 1.807) is 12.3 Å². The van der Waals surface area contributed by atoms with Gasteiger partial charge in [0, 0.05) is 36.4 Å². The van der Waals surface area contributed by atoms with Gasteiger partial charge in [-0.05, 0) is 30.3 Å². The lowest BCUT2D eigenvalue weighted by atomic mass is 10.2. The minimum atomic E-state index is -0.408. The number of nitro groups is 1. The zero-order valence-corrected chi connectivity index (χ0v) is 12.5. The van der Waals surface area contributed by atoms with Crippen LogP contribution in [-0.4, -0.2) is 21.4 Å². The van der Waals surface area contributed by atoms with Crippen LogP contribution in [0.15, 0.2) is 42.6 Å². The molecule has 0 saturated heterocycles. The summed E-state index contributed by atoms with van der Waals surface area (Å²) in [7, 11) is 0. The highest BCUT2D eigenvalue weighted by Gasteiger charge is 2.13. The number of benzene rings is 1. The quantitative estimate of drug-likeness (QED) is 0.603. The van der Waals surface area contributed by atoms with Crippen LogP contribution in [0.3, 0.4) is 0 Å². The first-order chi connectivity index (χ1) is 10.1. The molecule has 0 radical (unpaired) electrons. The average molecular weight is 306 g/mol. The van der Waals surface area contributed by atoms with Gasteiger partial charge in [0.05, 0.1) is 10.6 Å². The molecular weight excluding hydrogens is 290 g/mol. The van der Waals surface area contributed by atoms with Gasteiger partial charge in [0.2, 0.25) is 0 Å². The van der Waals surface area contributed by atoms with E-state index < -0.39 is 4.92 Å². The Balaban J connectivity index is 2.14. The third-order valence-corrected chi connectivity index (χ3v) is 3.56. The molecule has 0 amide bonds. The number of rotatable bonds is 6. The summed E-state index contributed by atoms with van der Waals surface area (Å²) in [4.78, 5) is 16.9. The highest BCUT2D eigenvalue weighted by atomic mass is 35.5. The maximum atomic E-state index is 10.8. The van der Waals surface area contributed by atoms with Crippen molar-refractivity contribution in [2.45, 2.75) is 20.0 Å². The van der Waals surface area contributed by atoms with Gasteiger partial charge in [0.25, 0.3) is 5.69 Å². The van der Waals surface area contributed by atoms with Crippen molar-refractivity contribution in [3.63, 3.8) is 0 Å². The van der Waals surface area contributed by atoms with Crippen molar-refractivity contribution in [3.05, 3.63) is 69.0 Å². The van der Waals surface area contributed by atoms with Crippen LogP contribution < -0.4 is 0 Å². The minimum Gasteiger partial charge on any atom is -0.293 e. The van der Waals surface area contributed by atoms with Gasteiger partial charge in [-0.1, -0.05) is 24.6 Å². The first-order valence-electron chi connectivity index (χ1n) is 6.65. The number of nitro benzene ring substituents is 1. The maximum Gasteiger partial charge on any atom is 0.269 e. The fraction of sp³-hybridized carbons (Fsp3) is 0.267. The second kappa shape index (κ2) is 7.15. The molecule has 0 N–H and O–H groups in total. The first-order valence-corrected chi connectivity index (χ1v) is 7.03. The summed E-state index contributed by atoms with van der Waals surface area (Å²) in [5.74, 6) is 0. The van der Waals surface area contributed by atoms with E-state index in [-0.39, 0.29) is 5.69 Å². The van der Waals surface area contributed by atoms with Crippen molar-refractivity contribution in [2.75, 3.05) is 6.54 Å². The van der Waals surface area contributed by atoms with Crippen molar-refractivity contribution in [1.82, 2.24) is 9.88 Å². The van der Waals surface area contributed by atoms with Gasteiger partial charge in [-0.2, -0.15) is 0 Å². The van der Waals surface area contributed by atoms with Gasteiger partial charge in [0.1, 0.15) is 0 Å². The van der Waals surface area contributed by atoms with E-state index >= 15 is 0 Å². The molecule has 0 fully saturated rings. The van der Waals surface area contributed by atoms with Crippen molar-refractivity contribution in [3.8, 4) is 0 Å². The summed E-state index contributed by atoms with van der Waals surface area (Å²) in [6.45, 7) is 4.06. The Morgan fingerprint density at radius 2 is 2.10 bits per heavy atom.